The van der Waals surface area contributed by atoms with E-state index in [2.05, 4.69) is 61.0 Å². The van der Waals surface area contributed by atoms with Gasteiger partial charge in [0, 0.05) is 4.88 Å². The van der Waals surface area contributed by atoms with Gasteiger partial charge >= 0.3 is 0 Å². The minimum absolute atomic E-state index is 0.180. The molecule has 0 amide bonds. The van der Waals surface area contributed by atoms with Crippen molar-refractivity contribution in [2.24, 2.45) is 0 Å². The zero-order chi connectivity index (χ0) is 13.3. The van der Waals surface area contributed by atoms with Crippen molar-refractivity contribution in [3.05, 3.63) is 56.7 Å². The molecule has 0 N–H and O–H groups in total. The minimum atomic E-state index is 0.180. The molecule has 0 aliphatic carbocycles. The van der Waals surface area contributed by atoms with Gasteiger partial charge in [0.1, 0.15) is 0 Å². The summed E-state index contributed by atoms with van der Waals surface area (Å²) >= 11 is 11.6. The Bertz CT molecular complexity index is 522. The summed E-state index contributed by atoms with van der Waals surface area (Å²) in [5.74, 6) is 0. The van der Waals surface area contributed by atoms with Crippen molar-refractivity contribution in [1.29, 1.82) is 0 Å². The molecule has 0 saturated heterocycles. The normalized spacial score (nSPS) is 13.6. The fourth-order valence-corrected chi connectivity index (χ4v) is 3.96. The van der Waals surface area contributed by atoms with Gasteiger partial charge in [-0.2, -0.15) is 0 Å². The molecule has 1 heterocycles. The van der Waals surface area contributed by atoms with E-state index >= 15 is 0 Å². The van der Waals surface area contributed by atoms with E-state index in [4.69, 9.17) is 11.6 Å². The van der Waals surface area contributed by atoms with Crippen molar-refractivity contribution < 1.29 is 0 Å². The van der Waals surface area contributed by atoms with E-state index < -0.39 is 0 Å². The van der Waals surface area contributed by atoms with E-state index in [1.54, 1.807) is 11.3 Å². The SMILES string of the molecule is CC(C)(C)c1ccc(C(Br)c2sccc2Cl)cc1. The first-order valence-electron chi connectivity index (χ1n) is 5.87. The van der Waals surface area contributed by atoms with Gasteiger partial charge in [-0.1, -0.05) is 72.6 Å². The third kappa shape index (κ3) is 2.98. The highest BCUT2D eigenvalue weighted by atomic mass is 79.9. The van der Waals surface area contributed by atoms with E-state index in [0.717, 1.165) is 5.02 Å². The molecule has 96 valence electrons. The van der Waals surface area contributed by atoms with Crippen molar-refractivity contribution in [2.45, 2.75) is 31.0 Å². The standard InChI is InChI=1S/C15H16BrClS/c1-15(2,3)11-6-4-10(5-7-11)13(16)14-12(17)8-9-18-14/h4-9,13H,1-3H3. The predicted molar refractivity (Wildman–Crippen MR) is 85.2 cm³/mol. The van der Waals surface area contributed by atoms with Crippen LogP contribution in [0.4, 0.5) is 0 Å². The van der Waals surface area contributed by atoms with Crippen LogP contribution in [-0.2, 0) is 5.41 Å². The van der Waals surface area contributed by atoms with E-state index in [1.165, 1.54) is 16.0 Å². The Morgan fingerprint density at radius 1 is 1.11 bits per heavy atom. The molecule has 1 aromatic carbocycles. The average molecular weight is 344 g/mol. The predicted octanol–water partition coefficient (Wildman–Crippen LogP) is 6.18. The van der Waals surface area contributed by atoms with E-state index in [-0.39, 0.29) is 10.2 Å². The smallest absolute Gasteiger partial charge is 0.0753 e. The summed E-state index contributed by atoms with van der Waals surface area (Å²) in [7, 11) is 0. The highest BCUT2D eigenvalue weighted by Gasteiger charge is 2.17. The van der Waals surface area contributed by atoms with Crippen LogP contribution in [0.1, 0.15) is 41.6 Å². The lowest BCUT2D eigenvalue weighted by Crippen LogP contribution is -2.10. The van der Waals surface area contributed by atoms with Crippen LogP contribution in [-0.4, -0.2) is 0 Å². The van der Waals surface area contributed by atoms with Crippen molar-refractivity contribution in [2.75, 3.05) is 0 Å². The van der Waals surface area contributed by atoms with Crippen LogP contribution in [0.25, 0.3) is 0 Å². The lowest BCUT2D eigenvalue weighted by atomic mass is 9.86. The fourth-order valence-electron chi connectivity index (χ4n) is 1.79. The Labute approximate surface area is 126 Å². The van der Waals surface area contributed by atoms with Crippen molar-refractivity contribution in [1.82, 2.24) is 0 Å². The van der Waals surface area contributed by atoms with Gasteiger partial charge in [-0.15, -0.1) is 11.3 Å². The van der Waals surface area contributed by atoms with Crippen LogP contribution in [0, 0.1) is 0 Å². The number of hydrogen-bond donors (Lipinski definition) is 0. The van der Waals surface area contributed by atoms with Gasteiger partial charge in [-0.3, -0.25) is 0 Å². The van der Waals surface area contributed by atoms with Crippen LogP contribution in [0.2, 0.25) is 5.02 Å². The summed E-state index contributed by atoms with van der Waals surface area (Å²) in [5.41, 5.74) is 2.79. The van der Waals surface area contributed by atoms with Gasteiger partial charge in [0.2, 0.25) is 0 Å². The highest BCUT2D eigenvalue weighted by Crippen LogP contribution is 2.39. The van der Waals surface area contributed by atoms with Crippen LogP contribution in [0.3, 0.4) is 0 Å². The molecule has 3 heteroatoms. The molecule has 1 atom stereocenters. The second kappa shape index (κ2) is 5.36. The highest BCUT2D eigenvalue weighted by molar-refractivity contribution is 9.09. The molecule has 0 saturated carbocycles. The molecule has 1 aromatic heterocycles. The Hall–Kier alpha value is -0.310. The summed E-state index contributed by atoms with van der Waals surface area (Å²) < 4.78 is 0. The molecular weight excluding hydrogens is 328 g/mol. The number of thiophene rings is 1. The monoisotopic (exact) mass is 342 g/mol. The first-order chi connectivity index (χ1) is 8.39. The molecule has 0 aliphatic rings. The van der Waals surface area contributed by atoms with Crippen LogP contribution in [0.5, 0.6) is 0 Å². The number of halogens is 2. The van der Waals surface area contributed by atoms with E-state index in [0.29, 0.717) is 0 Å². The van der Waals surface area contributed by atoms with Crippen LogP contribution in [0.15, 0.2) is 35.7 Å². The zero-order valence-electron chi connectivity index (χ0n) is 10.7. The number of rotatable bonds is 2. The average Bonchev–Trinajstić information content (AvgIpc) is 2.73. The lowest BCUT2D eigenvalue weighted by Gasteiger charge is -2.20. The zero-order valence-corrected chi connectivity index (χ0v) is 13.9. The topological polar surface area (TPSA) is 0 Å². The van der Waals surface area contributed by atoms with E-state index in [1.807, 2.05) is 11.4 Å². The van der Waals surface area contributed by atoms with Gasteiger partial charge < -0.3 is 0 Å². The van der Waals surface area contributed by atoms with Gasteiger partial charge in [0.25, 0.3) is 0 Å². The maximum Gasteiger partial charge on any atom is 0.0753 e. The third-order valence-corrected chi connectivity index (χ3v) is 5.66. The summed E-state index contributed by atoms with van der Waals surface area (Å²) in [6.45, 7) is 6.68. The Balaban J connectivity index is 2.28. The summed E-state index contributed by atoms with van der Waals surface area (Å²) in [4.78, 5) is 1.35. The van der Waals surface area contributed by atoms with Gasteiger partial charge in [0.05, 0.1) is 9.85 Å². The first kappa shape index (κ1) is 14.1. The molecule has 0 fully saturated rings. The fraction of sp³-hybridized carbons (Fsp3) is 0.333. The molecule has 0 bridgehead atoms. The number of benzene rings is 1. The minimum Gasteiger partial charge on any atom is -0.146 e. The van der Waals surface area contributed by atoms with Gasteiger partial charge in [-0.25, -0.2) is 0 Å². The van der Waals surface area contributed by atoms with E-state index in [9.17, 15) is 0 Å². The number of hydrogen-bond acceptors (Lipinski definition) is 1. The quantitative estimate of drug-likeness (QED) is 0.571. The Kier molecular flexibility index (Phi) is 4.20. The van der Waals surface area contributed by atoms with Crippen LogP contribution < -0.4 is 0 Å². The second-order valence-electron chi connectivity index (χ2n) is 5.37. The molecule has 0 nitrogen and oxygen atoms in total. The molecule has 0 radical (unpaired) electrons. The Morgan fingerprint density at radius 3 is 2.17 bits per heavy atom. The molecule has 18 heavy (non-hydrogen) atoms. The van der Waals surface area contributed by atoms with Gasteiger partial charge in [0.15, 0.2) is 0 Å². The third-order valence-electron chi connectivity index (χ3n) is 2.94. The molecule has 0 aliphatic heterocycles. The maximum absolute atomic E-state index is 6.17. The molecule has 2 aromatic rings. The first-order valence-corrected chi connectivity index (χ1v) is 8.04. The Morgan fingerprint density at radius 2 is 1.72 bits per heavy atom. The largest absolute Gasteiger partial charge is 0.146 e. The molecule has 1 unspecified atom stereocenters. The summed E-state index contributed by atoms with van der Waals surface area (Å²) in [5, 5.41) is 2.86. The van der Waals surface area contributed by atoms with Crippen molar-refractivity contribution in [3.63, 3.8) is 0 Å². The lowest BCUT2D eigenvalue weighted by molar-refractivity contribution is 0.590. The maximum atomic E-state index is 6.17. The van der Waals surface area contributed by atoms with Gasteiger partial charge in [-0.05, 0) is 28.0 Å². The molecule has 0 spiro atoms. The van der Waals surface area contributed by atoms with Crippen molar-refractivity contribution in [3.8, 4) is 0 Å². The summed E-state index contributed by atoms with van der Waals surface area (Å²) in [6, 6.07) is 10.7. The second-order valence-corrected chi connectivity index (χ2v) is 7.64. The van der Waals surface area contributed by atoms with Crippen molar-refractivity contribution >= 4 is 38.9 Å². The van der Waals surface area contributed by atoms with Crippen LogP contribution >= 0.6 is 38.9 Å². The summed E-state index contributed by atoms with van der Waals surface area (Å²) in [6.07, 6.45) is 0. The molecule has 2 rings (SSSR count). The number of alkyl halides is 1. The molecular formula is C15H16BrClS.